The van der Waals surface area contributed by atoms with Crippen molar-refractivity contribution < 1.29 is 8.42 Å². The van der Waals surface area contributed by atoms with E-state index in [4.69, 9.17) is 0 Å². The van der Waals surface area contributed by atoms with E-state index in [9.17, 15) is 8.42 Å². The van der Waals surface area contributed by atoms with Crippen LogP contribution in [0.3, 0.4) is 0 Å². The van der Waals surface area contributed by atoms with Gasteiger partial charge < -0.3 is 10.2 Å². The normalized spacial score (nSPS) is 16.0. The molecule has 1 saturated carbocycles. The Kier molecular flexibility index (Phi) is 5.19. The van der Waals surface area contributed by atoms with Crippen molar-refractivity contribution in [3.63, 3.8) is 0 Å². The topological polar surface area (TPSA) is 61.4 Å². The van der Waals surface area contributed by atoms with Crippen LogP contribution in [0.4, 0.5) is 0 Å². The van der Waals surface area contributed by atoms with Gasteiger partial charge >= 0.3 is 0 Å². The molecule has 0 amide bonds. The van der Waals surface area contributed by atoms with E-state index in [1.54, 1.807) is 6.07 Å². The number of sulfonamides is 1. The van der Waals surface area contributed by atoms with Crippen LogP contribution in [0.2, 0.25) is 0 Å². The van der Waals surface area contributed by atoms with Gasteiger partial charge in [0.2, 0.25) is 10.0 Å². The fraction of sp³-hybridized carbons (Fsp3) is 0.692. The van der Waals surface area contributed by atoms with Crippen molar-refractivity contribution in [2.24, 2.45) is 0 Å². The van der Waals surface area contributed by atoms with E-state index >= 15 is 0 Å². The van der Waals surface area contributed by atoms with Gasteiger partial charge in [-0.25, -0.2) is 13.1 Å². The second kappa shape index (κ2) is 6.53. The molecule has 2 N–H and O–H groups in total. The fourth-order valence-corrected chi connectivity index (χ4v) is 4.75. The van der Waals surface area contributed by atoms with E-state index in [0.29, 0.717) is 23.3 Å². The number of rotatable bonds is 8. The summed E-state index contributed by atoms with van der Waals surface area (Å²) in [6, 6.07) is 2.41. The van der Waals surface area contributed by atoms with Crippen LogP contribution >= 0.6 is 11.3 Å². The zero-order valence-corrected chi connectivity index (χ0v) is 13.9. The Hall–Kier alpha value is -0.470. The average molecular weight is 317 g/mol. The van der Waals surface area contributed by atoms with E-state index in [2.05, 4.69) is 14.9 Å². The third-order valence-corrected chi connectivity index (χ3v) is 6.70. The molecule has 5 nitrogen and oxygen atoms in total. The highest BCUT2D eigenvalue weighted by atomic mass is 32.2. The molecule has 1 heterocycles. The number of nitrogens with zero attached hydrogens (tertiary/aromatic N) is 1. The van der Waals surface area contributed by atoms with Crippen LogP contribution in [0.1, 0.15) is 23.3 Å². The first kappa shape index (κ1) is 15.9. The summed E-state index contributed by atoms with van der Waals surface area (Å²) in [5.41, 5.74) is 1.03. The molecular weight excluding hydrogens is 294 g/mol. The van der Waals surface area contributed by atoms with Crippen LogP contribution in [0.25, 0.3) is 0 Å². The molecular formula is C13H23N3O2S2. The lowest BCUT2D eigenvalue weighted by atomic mass is 10.3. The van der Waals surface area contributed by atoms with Crippen LogP contribution in [0, 0.1) is 6.92 Å². The van der Waals surface area contributed by atoms with Crippen LogP contribution in [0.5, 0.6) is 0 Å². The maximum Gasteiger partial charge on any atom is 0.250 e. The molecule has 1 aliphatic rings. The molecule has 0 spiro atoms. The Morgan fingerprint density at radius 3 is 2.75 bits per heavy atom. The molecule has 114 valence electrons. The molecule has 0 radical (unpaired) electrons. The second-order valence-electron chi connectivity index (χ2n) is 5.31. The Morgan fingerprint density at radius 1 is 1.45 bits per heavy atom. The van der Waals surface area contributed by atoms with Gasteiger partial charge in [-0.1, -0.05) is 0 Å². The quantitative estimate of drug-likeness (QED) is 0.755. The van der Waals surface area contributed by atoms with Gasteiger partial charge in [0.15, 0.2) is 0 Å². The third kappa shape index (κ3) is 4.02. The van der Waals surface area contributed by atoms with Crippen molar-refractivity contribution in [1.29, 1.82) is 0 Å². The summed E-state index contributed by atoms with van der Waals surface area (Å²) in [7, 11) is 0.541. The maximum absolute atomic E-state index is 12.2. The minimum atomic E-state index is -3.37. The second-order valence-corrected chi connectivity index (χ2v) is 8.44. The van der Waals surface area contributed by atoms with Gasteiger partial charge in [0.1, 0.15) is 4.21 Å². The minimum Gasteiger partial charge on any atom is -0.315 e. The molecule has 0 saturated heterocycles. The molecule has 1 aromatic heterocycles. The van der Waals surface area contributed by atoms with Crippen molar-refractivity contribution in [3.8, 4) is 0 Å². The smallest absolute Gasteiger partial charge is 0.250 e. The summed E-state index contributed by atoms with van der Waals surface area (Å²) in [5.74, 6) is 0. The number of aryl methyl sites for hydroxylation is 1. The highest BCUT2D eigenvalue weighted by Gasteiger charge is 2.26. The molecule has 0 atom stereocenters. The van der Waals surface area contributed by atoms with Gasteiger partial charge in [0.05, 0.1) is 0 Å². The van der Waals surface area contributed by atoms with Crippen molar-refractivity contribution >= 4 is 21.4 Å². The largest absolute Gasteiger partial charge is 0.315 e. The summed E-state index contributed by atoms with van der Waals surface area (Å²) in [5, 5.41) is 3.06. The number of nitrogens with one attached hydrogen (secondary N) is 2. The zero-order chi connectivity index (χ0) is 14.8. The molecule has 0 unspecified atom stereocenters. The predicted octanol–water partition coefficient (Wildman–Crippen LogP) is 1.15. The first-order chi connectivity index (χ1) is 9.44. The summed E-state index contributed by atoms with van der Waals surface area (Å²) < 4.78 is 27.6. The summed E-state index contributed by atoms with van der Waals surface area (Å²) in [6.07, 6.45) is 2.47. The van der Waals surface area contributed by atoms with E-state index in [1.807, 2.05) is 21.0 Å². The lowest BCUT2D eigenvalue weighted by Crippen LogP contribution is -2.33. The highest BCUT2D eigenvalue weighted by Crippen LogP contribution is 2.26. The van der Waals surface area contributed by atoms with Crippen LogP contribution < -0.4 is 10.0 Å². The van der Waals surface area contributed by atoms with Crippen molar-refractivity contribution in [2.75, 3.05) is 27.2 Å². The van der Waals surface area contributed by atoms with E-state index < -0.39 is 10.0 Å². The molecule has 0 bridgehead atoms. The molecule has 0 aromatic carbocycles. The van der Waals surface area contributed by atoms with Crippen LogP contribution in [0.15, 0.2) is 10.3 Å². The van der Waals surface area contributed by atoms with Crippen molar-refractivity contribution in [1.82, 2.24) is 14.9 Å². The molecule has 20 heavy (non-hydrogen) atoms. The highest BCUT2D eigenvalue weighted by molar-refractivity contribution is 7.91. The number of likely N-dealkylation sites (N-methyl/N-ethyl adjacent to an activating group) is 1. The summed E-state index contributed by atoms with van der Waals surface area (Å²) in [4.78, 5) is 3.29. The van der Waals surface area contributed by atoms with Crippen molar-refractivity contribution in [2.45, 2.75) is 36.6 Å². The number of hydrogen-bond donors (Lipinski definition) is 2. The van der Waals surface area contributed by atoms with E-state index in [-0.39, 0.29) is 0 Å². The van der Waals surface area contributed by atoms with Gasteiger partial charge in [0, 0.05) is 30.6 Å². The minimum absolute atomic E-state index is 0.411. The average Bonchev–Trinajstić information content (AvgIpc) is 3.15. The van der Waals surface area contributed by atoms with E-state index in [0.717, 1.165) is 17.0 Å². The molecule has 1 aromatic rings. The monoisotopic (exact) mass is 317 g/mol. The first-order valence-corrected chi connectivity index (χ1v) is 9.18. The summed E-state index contributed by atoms with van der Waals surface area (Å²) in [6.45, 7) is 3.88. The van der Waals surface area contributed by atoms with Gasteiger partial charge in [0.25, 0.3) is 0 Å². The lowest BCUT2D eigenvalue weighted by Gasteiger charge is -2.15. The molecule has 2 rings (SSSR count). The van der Waals surface area contributed by atoms with Crippen LogP contribution in [-0.2, 0) is 16.6 Å². The van der Waals surface area contributed by atoms with Gasteiger partial charge in [-0.15, -0.1) is 11.3 Å². The van der Waals surface area contributed by atoms with E-state index in [1.165, 1.54) is 24.2 Å². The Labute approximate surface area is 125 Å². The lowest BCUT2D eigenvalue weighted by molar-refractivity contribution is 0.329. The molecule has 7 heteroatoms. The molecule has 1 aliphatic carbocycles. The fourth-order valence-electron chi connectivity index (χ4n) is 2.08. The number of hydrogen-bond acceptors (Lipinski definition) is 5. The Morgan fingerprint density at radius 2 is 2.15 bits per heavy atom. The van der Waals surface area contributed by atoms with Crippen molar-refractivity contribution in [3.05, 3.63) is 16.5 Å². The molecule has 0 aliphatic heterocycles. The predicted molar refractivity (Wildman–Crippen MR) is 82.7 cm³/mol. The third-order valence-electron chi connectivity index (χ3n) is 3.53. The first-order valence-electron chi connectivity index (χ1n) is 6.88. The zero-order valence-electron chi connectivity index (χ0n) is 12.3. The Balaban J connectivity index is 1.93. The van der Waals surface area contributed by atoms with Gasteiger partial charge in [-0.3, -0.25) is 0 Å². The summed E-state index contributed by atoms with van der Waals surface area (Å²) >= 11 is 1.34. The Bertz CT molecular complexity index is 550. The van der Waals surface area contributed by atoms with Crippen LogP contribution in [-0.4, -0.2) is 46.5 Å². The maximum atomic E-state index is 12.2. The standard InChI is InChI=1S/C13H23N3O2S2/c1-10-8-13(19-12(10)9-14-2)20(17,18)15-6-7-16(3)11-4-5-11/h8,11,14-15H,4-7,9H2,1-3H3. The van der Waals surface area contributed by atoms with Gasteiger partial charge in [-0.2, -0.15) is 0 Å². The SMILES string of the molecule is CNCc1sc(S(=O)(=O)NCCN(C)C2CC2)cc1C. The number of thiophene rings is 1. The molecule has 1 fully saturated rings. The van der Waals surface area contributed by atoms with Gasteiger partial charge in [-0.05, 0) is 45.5 Å².